The summed E-state index contributed by atoms with van der Waals surface area (Å²) in [6.45, 7) is 11.8. The zero-order valence-corrected chi connectivity index (χ0v) is 48.2. The second-order valence-corrected chi connectivity index (χ2v) is 26.7. The van der Waals surface area contributed by atoms with Crippen LogP contribution in [0.4, 0.5) is 28.4 Å². The number of benzene rings is 5. The van der Waals surface area contributed by atoms with Crippen LogP contribution in [0.3, 0.4) is 0 Å². The van der Waals surface area contributed by atoms with Crippen LogP contribution in [0.2, 0.25) is 18.6 Å². The molecule has 0 bridgehead atoms. The molecule has 81 heavy (non-hydrogen) atoms. The van der Waals surface area contributed by atoms with E-state index >= 15 is 4.79 Å². The number of amides is 4. The highest BCUT2D eigenvalue weighted by molar-refractivity contribution is 6.71. The van der Waals surface area contributed by atoms with Gasteiger partial charge < -0.3 is 54.8 Å². The van der Waals surface area contributed by atoms with Gasteiger partial charge in [-0.3, -0.25) is 29.0 Å². The minimum Gasteiger partial charge on any atom is -0.494 e. The van der Waals surface area contributed by atoms with Crippen molar-refractivity contribution >= 4 is 60.4 Å². The summed E-state index contributed by atoms with van der Waals surface area (Å²) in [7, 11) is -3.28. The second kappa shape index (κ2) is 24.5. The van der Waals surface area contributed by atoms with E-state index in [4.69, 9.17) is 14.2 Å². The first-order valence-corrected chi connectivity index (χ1v) is 32.0. The number of unbranched alkanes of at least 4 members (excludes halogenated alkanes) is 2. The number of nitrogens with zero attached hydrogens (tertiary/aromatic N) is 4. The lowest BCUT2D eigenvalue weighted by molar-refractivity contribution is -0.151. The van der Waals surface area contributed by atoms with E-state index in [0.717, 1.165) is 33.5 Å². The summed E-state index contributed by atoms with van der Waals surface area (Å²) in [5.41, 5.74) is 6.04. The number of carbonyl (C=O) groups is 4. The van der Waals surface area contributed by atoms with Gasteiger partial charge in [0, 0.05) is 48.2 Å². The van der Waals surface area contributed by atoms with Crippen molar-refractivity contribution in [2.45, 2.75) is 134 Å². The molecule has 5 heterocycles. The summed E-state index contributed by atoms with van der Waals surface area (Å²) in [6.07, 6.45) is 2.96. The van der Waals surface area contributed by atoms with E-state index in [1.165, 1.54) is 0 Å². The van der Waals surface area contributed by atoms with Gasteiger partial charge in [-0.2, -0.15) is 0 Å². The third-order valence-electron chi connectivity index (χ3n) is 17.1. The third-order valence-corrected chi connectivity index (χ3v) is 19.6. The minimum absolute atomic E-state index is 0.0459. The maximum absolute atomic E-state index is 16.0. The zero-order valence-electron chi connectivity index (χ0n) is 47.2. The highest BCUT2D eigenvalue weighted by atomic mass is 28.4. The number of aliphatic hydroxyl groups is 3. The number of nitrogens with one attached hydrogen (secondary N) is 2. The van der Waals surface area contributed by atoms with Crippen molar-refractivity contribution in [3.8, 4) is 11.5 Å². The predicted molar refractivity (Wildman–Crippen MR) is 313 cm³/mol. The molecule has 0 saturated carbocycles. The number of ether oxygens (including phenoxy) is 3. The Hall–Kier alpha value is -6.48. The summed E-state index contributed by atoms with van der Waals surface area (Å²) >= 11 is 0. The molecule has 5 aromatic carbocycles. The Balaban J connectivity index is 1.03. The Morgan fingerprint density at radius 1 is 0.691 bits per heavy atom. The molecule has 0 aliphatic carbocycles. The lowest BCUT2D eigenvalue weighted by Gasteiger charge is -2.37. The molecule has 1 spiro atoms. The van der Waals surface area contributed by atoms with Gasteiger partial charge in [0.25, 0.3) is 5.91 Å². The van der Waals surface area contributed by atoms with Crippen LogP contribution in [0.1, 0.15) is 86.3 Å². The van der Waals surface area contributed by atoms with Crippen molar-refractivity contribution < 1.29 is 53.5 Å². The van der Waals surface area contributed by atoms with Crippen LogP contribution in [-0.4, -0.2) is 127 Å². The lowest BCUT2D eigenvalue weighted by Crippen LogP contribution is -2.49. The number of fused-ring (bicyclic) bond motifs is 5. The van der Waals surface area contributed by atoms with Crippen molar-refractivity contribution in [2.24, 2.45) is 5.92 Å². The van der Waals surface area contributed by atoms with E-state index in [9.17, 15) is 34.5 Å². The van der Waals surface area contributed by atoms with Crippen LogP contribution in [0.25, 0.3) is 0 Å². The number of hydrogen-bond acceptors (Lipinski definition) is 13. The van der Waals surface area contributed by atoms with E-state index in [2.05, 4.69) is 10.6 Å². The summed E-state index contributed by atoms with van der Waals surface area (Å²) in [5.74, 6) is -0.161. The fourth-order valence-corrected chi connectivity index (χ4v) is 15.8. The number of aliphatic hydroxyl groups excluding tert-OH is 3. The van der Waals surface area contributed by atoms with Gasteiger partial charge in [0.1, 0.15) is 11.5 Å². The summed E-state index contributed by atoms with van der Waals surface area (Å²) in [5, 5.41) is 36.5. The van der Waals surface area contributed by atoms with E-state index in [-0.39, 0.29) is 56.4 Å². The summed E-state index contributed by atoms with van der Waals surface area (Å²) < 4.78 is 19.1. The Kier molecular flexibility index (Phi) is 17.5. The average molecular weight is 1120 g/mol. The summed E-state index contributed by atoms with van der Waals surface area (Å²) in [6, 6.07) is 31.0. The standard InChI is InChI=1S/C63H78N6O11Si/c1-6-78-49-21-24-54-44(31-49)33-52(64-26-10-12-28-70)60(74)68(54)46-18-16-41(17-19-46)37-67-56-23-20-47(69-55-25-22-50(79-7-2)32-45(55)34-53(61(69)75)65-27-11-13-29-71)35-51(56)63(62(67)76)40(3)59(81(4,5)77)57(80-63)36-58(73)66-38-43-15-9-8-14-42(43)30-48(66)39-72/h8-9,14-25,31-32,35,40,48,52-53,57,59,64-65,70-72,77H,6-7,10-13,26-30,33-34,36-39H2,1-5H3/t40-,48+,52?,53?,57+,59-,63+/m1/s1. The van der Waals surface area contributed by atoms with E-state index in [0.29, 0.717) is 118 Å². The summed E-state index contributed by atoms with van der Waals surface area (Å²) in [4.78, 5) is 79.4. The Morgan fingerprint density at radius 3 is 1.80 bits per heavy atom. The Bertz CT molecular complexity index is 3120. The first kappa shape index (κ1) is 57.7. The average Bonchev–Trinajstić information content (AvgIpc) is 4.06. The number of anilines is 5. The van der Waals surface area contributed by atoms with Crippen LogP contribution in [-0.2, 0) is 61.9 Å². The van der Waals surface area contributed by atoms with Crippen molar-refractivity contribution in [1.29, 1.82) is 0 Å². The molecular formula is C63H78N6O11Si. The first-order chi connectivity index (χ1) is 39.1. The zero-order chi connectivity index (χ0) is 57.2. The van der Waals surface area contributed by atoms with Gasteiger partial charge in [0.2, 0.25) is 17.7 Å². The highest BCUT2D eigenvalue weighted by Crippen LogP contribution is 2.61. The first-order valence-electron chi connectivity index (χ1n) is 28.9. The number of hydrogen-bond donors (Lipinski definition) is 6. The smallest absolute Gasteiger partial charge is 0.264 e. The molecule has 7 atom stereocenters. The fraction of sp³-hybridized carbons (Fsp3) is 0.460. The molecule has 6 N–H and O–H groups in total. The third kappa shape index (κ3) is 11.3. The number of rotatable bonds is 22. The van der Waals surface area contributed by atoms with Crippen LogP contribution in [0, 0.1) is 5.92 Å². The van der Waals surface area contributed by atoms with Gasteiger partial charge in [-0.25, -0.2) is 0 Å². The molecular weight excluding hydrogens is 1040 g/mol. The Labute approximate surface area is 475 Å². The molecule has 17 nitrogen and oxygen atoms in total. The van der Waals surface area contributed by atoms with Gasteiger partial charge >= 0.3 is 0 Å². The quantitative estimate of drug-likeness (QED) is 0.0303. The molecule has 1 saturated heterocycles. The van der Waals surface area contributed by atoms with Crippen LogP contribution < -0.4 is 34.8 Å². The number of carbonyl (C=O) groups excluding carboxylic acids is 4. The van der Waals surface area contributed by atoms with Gasteiger partial charge in [0.05, 0.1) is 74.1 Å². The maximum Gasteiger partial charge on any atom is 0.264 e. The largest absolute Gasteiger partial charge is 0.494 e. The molecule has 4 amide bonds. The van der Waals surface area contributed by atoms with Crippen molar-refractivity contribution in [3.63, 3.8) is 0 Å². The monoisotopic (exact) mass is 1120 g/mol. The highest BCUT2D eigenvalue weighted by Gasteiger charge is 2.67. The topological polar surface area (TPSA) is 214 Å². The van der Waals surface area contributed by atoms with E-state index < -0.39 is 49.6 Å². The normalized spacial score (nSPS) is 23.2. The second-order valence-electron chi connectivity index (χ2n) is 22.7. The van der Waals surface area contributed by atoms with Crippen molar-refractivity contribution in [3.05, 3.63) is 137 Å². The molecule has 0 aromatic heterocycles. The van der Waals surface area contributed by atoms with Crippen LogP contribution in [0.5, 0.6) is 11.5 Å². The molecule has 10 rings (SSSR count). The SMILES string of the molecule is CCOc1ccc2c(c1)CC(NCCCCO)C(=O)N2c1ccc(CN2C(=O)[C@@]3(O[C@@H](CC(=O)N4Cc5ccccc5C[C@H]4CO)[C@H]([Si](C)(C)O)[C@H]3C)c3cc(N4C(=O)C(NCCCCO)Cc5cc(OCC)ccc54)ccc32)cc1. The molecule has 2 unspecified atom stereocenters. The van der Waals surface area contributed by atoms with Crippen molar-refractivity contribution in [2.75, 3.05) is 60.8 Å². The van der Waals surface area contributed by atoms with Crippen molar-refractivity contribution in [1.82, 2.24) is 15.5 Å². The molecule has 0 radical (unpaired) electrons. The molecule has 1 fully saturated rings. The van der Waals surface area contributed by atoms with E-state index in [1.54, 1.807) is 19.6 Å². The lowest BCUT2D eigenvalue weighted by atomic mass is 9.82. The maximum atomic E-state index is 16.0. The molecule has 5 aromatic rings. The van der Waals surface area contributed by atoms with Gasteiger partial charge in [-0.05, 0) is 180 Å². The minimum atomic E-state index is -3.28. The predicted octanol–water partition coefficient (Wildman–Crippen LogP) is 7.07. The molecule has 18 heteroatoms. The van der Waals surface area contributed by atoms with Gasteiger partial charge in [-0.1, -0.05) is 43.3 Å². The molecule has 5 aliphatic heterocycles. The van der Waals surface area contributed by atoms with E-state index in [1.807, 2.05) is 137 Å². The molecule has 430 valence electrons. The van der Waals surface area contributed by atoms with Gasteiger partial charge in [0.15, 0.2) is 13.9 Å². The Morgan fingerprint density at radius 2 is 1.25 bits per heavy atom. The van der Waals surface area contributed by atoms with Crippen LogP contribution in [0.15, 0.2) is 103 Å². The van der Waals surface area contributed by atoms with Crippen LogP contribution >= 0.6 is 0 Å². The van der Waals surface area contributed by atoms with Gasteiger partial charge in [-0.15, -0.1) is 0 Å². The fourth-order valence-electron chi connectivity index (χ4n) is 13.3. The molecule has 5 aliphatic rings.